The lowest BCUT2D eigenvalue weighted by Crippen LogP contribution is -2.31. The molecule has 162 valence electrons. The Morgan fingerprint density at radius 1 is 1.06 bits per heavy atom. The van der Waals surface area contributed by atoms with Gasteiger partial charge in [-0.15, -0.1) is 0 Å². The monoisotopic (exact) mass is 455 g/mol. The Bertz CT molecular complexity index is 1200. The molecule has 0 N–H and O–H groups in total. The predicted molar refractivity (Wildman–Crippen MR) is 102 cm³/mol. The van der Waals surface area contributed by atoms with Gasteiger partial charge in [-0.2, -0.15) is 13.2 Å². The molecule has 7 nitrogen and oxygen atoms in total. The van der Waals surface area contributed by atoms with E-state index in [4.69, 9.17) is 0 Å². The van der Waals surface area contributed by atoms with E-state index >= 15 is 0 Å². The van der Waals surface area contributed by atoms with Crippen LogP contribution in [0.2, 0.25) is 0 Å². The van der Waals surface area contributed by atoms with Crippen LogP contribution < -0.4 is 4.31 Å². The lowest BCUT2D eigenvalue weighted by molar-refractivity contribution is -0.384. The molecular weight excluding hydrogens is 442 g/mol. The van der Waals surface area contributed by atoms with Gasteiger partial charge >= 0.3 is 6.18 Å². The zero-order chi connectivity index (χ0) is 22.8. The molecule has 0 bridgehead atoms. The summed E-state index contributed by atoms with van der Waals surface area (Å²) < 4.78 is 79.2. The van der Waals surface area contributed by atoms with Gasteiger partial charge in [0.2, 0.25) is 0 Å². The summed E-state index contributed by atoms with van der Waals surface area (Å²) in [5.41, 5.74) is -1.98. The number of nitrogens with zero attached hydrogens (tertiary/aromatic N) is 3. The van der Waals surface area contributed by atoms with Crippen LogP contribution in [0.1, 0.15) is 11.1 Å². The maximum absolute atomic E-state index is 13.6. The molecule has 0 saturated carbocycles. The lowest BCUT2D eigenvalue weighted by atomic mass is 10.2. The smallest absolute Gasteiger partial charge is 0.264 e. The molecule has 1 heterocycles. The number of hydrogen-bond acceptors (Lipinski definition) is 5. The number of pyridine rings is 1. The molecule has 0 spiro atoms. The second kappa shape index (κ2) is 8.30. The minimum Gasteiger partial charge on any atom is -0.264 e. The summed E-state index contributed by atoms with van der Waals surface area (Å²) >= 11 is 0. The Morgan fingerprint density at radius 2 is 1.74 bits per heavy atom. The van der Waals surface area contributed by atoms with Crippen molar-refractivity contribution in [3.8, 4) is 0 Å². The van der Waals surface area contributed by atoms with Crippen LogP contribution in [0, 0.1) is 15.9 Å². The molecule has 0 fully saturated rings. The van der Waals surface area contributed by atoms with E-state index in [0.717, 1.165) is 24.3 Å². The highest BCUT2D eigenvalue weighted by molar-refractivity contribution is 7.92. The third-order valence-corrected chi connectivity index (χ3v) is 6.00. The van der Waals surface area contributed by atoms with E-state index in [0.29, 0.717) is 28.1 Å². The second-order valence-corrected chi connectivity index (χ2v) is 8.15. The number of alkyl halides is 3. The topological polar surface area (TPSA) is 93.4 Å². The quantitative estimate of drug-likeness (QED) is 0.309. The van der Waals surface area contributed by atoms with Gasteiger partial charge in [0.15, 0.2) is 0 Å². The molecule has 1 aromatic heterocycles. The number of hydrogen-bond donors (Lipinski definition) is 0. The fourth-order valence-corrected chi connectivity index (χ4v) is 4.22. The van der Waals surface area contributed by atoms with Gasteiger partial charge < -0.3 is 0 Å². The van der Waals surface area contributed by atoms with Crippen LogP contribution in [0.25, 0.3) is 0 Å². The highest BCUT2D eigenvalue weighted by Gasteiger charge is 2.33. The average molecular weight is 455 g/mol. The molecule has 12 heteroatoms. The number of benzene rings is 2. The molecule has 0 radical (unpaired) electrons. The fraction of sp³-hybridized carbons (Fsp3) is 0.105. The van der Waals surface area contributed by atoms with E-state index in [1.165, 1.54) is 24.5 Å². The van der Waals surface area contributed by atoms with Crippen molar-refractivity contribution in [3.63, 3.8) is 0 Å². The summed E-state index contributed by atoms with van der Waals surface area (Å²) in [6.07, 6.45) is -1.92. The number of sulfonamides is 1. The molecule has 3 aromatic rings. The van der Waals surface area contributed by atoms with Crippen LogP contribution in [-0.4, -0.2) is 18.3 Å². The zero-order valence-corrected chi connectivity index (χ0v) is 16.3. The van der Waals surface area contributed by atoms with Crippen LogP contribution in [-0.2, 0) is 22.7 Å². The average Bonchev–Trinajstić information content (AvgIpc) is 2.72. The third-order valence-electron chi connectivity index (χ3n) is 4.22. The van der Waals surface area contributed by atoms with Crippen LogP contribution in [0.3, 0.4) is 0 Å². The van der Waals surface area contributed by atoms with Crippen LogP contribution in [0.4, 0.5) is 28.9 Å². The molecular formula is C19H13F4N3O4S. The molecule has 0 aliphatic carbocycles. The molecule has 31 heavy (non-hydrogen) atoms. The van der Waals surface area contributed by atoms with Crippen LogP contribution in [0.15, 0.2) is 71.9 Å². The van der Waals surface area contributed by atoms with Gasteiger partial charge in [0.25, 0.3) is 15.7 Å². The largest absolute Gasteiger partial charge is 0.416 e. The van der Waals surface area contributed by atoms with Gasteiger partial charge in [-0.3, -0.25) is 19.4 Å². The second-order valence-electron chi connectivity index (χ2n) is 6.29. The Kier molecular flexibility index (Phi) is 5.93. The van der Waals surface area contributed by atoms with E-state index in [1.54, 1.807) is 0 Å². The van der Waals surface area contributed by atoms with Crippen molar-refractivity contribution in [2.45, 2.75) is 17.6 Å². The summed E-state index contributed by atoms with van der Waals surface area (Å²) in [6.45, 7) is -0.427. The van der Waals surface area contributed by atoms with E-state index < -0.39 is 55.3 Å². The van der Waals surface area contributed by atoms with Gasteiger partial charge in [-0.1, -0.05) is 6.07 Å². The van der Waals surface area contributed by atoms with Gasteiger partial charge in [0.1, 0.15) is 11.5 Å². The van der Waals surface area contributed by atoms with Crippen molar-refractivity contribution < 1.29 is 30.9 Å². The number of aromatic nitrogens is 1. The number of nitro benzene ring substituents is 1. The van der Waals surface area contributed by atoms with Crippen LogP contribution >= 0.6 is 0 Å². The first-order chi connectivity index (χ1) is 14.5. The maximum atomic E-state index is 13.6. The fourth-order valence-electron chi connectivity index (χ4n) is 2.75. The first-order valence-corrected chi connectivity index (χ1v) is 9.97. The highest BCUT2D eigenvalue weighted by Crippen LogP contribution is 2.35. The number of nitro groups is 1. The molecule has 0 atom stereocenters. The van der Waals surface area contributed by atoms with E-state index in [2.05, 4.69) is 4.98 Å². The summed E-state index contributed by atoms with van der Waals surface area (Å²) in [5.74, 6) is -0.955. The van der Waals surface area contributed by atoms with Gasteiger partial charge in [-0.05, 0) is 48.0 Å². The molecule has 0 aliphatic heterocycles. The Hall–Kier alpha value is -3.54. The molecule has 0 saturated heterocycles. The Labute approximate surface area is 173 Å². The van der Waals surface area contributed by atoms with Crippen molar-refractivity contribution in [2.75, 3.05) is 4.31 Å². The van der Waals surface area contributed by atoms with Crippen molar-refractivity contribution >= 4 is 21.4 Å². The summed E-state index contributed by atoms with van der Waals surface area (Å²) in [4.78, 5) is 13.8. The van der Waals surface area contributed by atoms with Crippen molar-refractivity contribution in [1.82, 2.24) is 4.98 Å². The van der Waals surface area contributed by atoms with Gasteiger partial charge in [0, 0.05) is 12.4 Å². The zero-order valence-electron chi connectivity index (χ0n) is 15.5. The Morgan fingerprint density at radius 3 is 2.29 bits per heavy atom. The molecule has 3 rings (SSSR count). The normalized spacial score (nSPS) is 11.9. The first kappa shape index (κ1) is 22.2. The molecule has 0 amide bonds. The highest BCUT2D eigenvalue weighted by atomic mass is 32.2. The molecule has 0 unspecified atom stereocenters. The van der Waals surface area contributed by atoms with Crippen LogP contribution in [0.5, 0.6) is 0 Å². The van der Waals surface area contributed by atoms with E-state index in [1.807, 2.05) is 0 Å². The van der Waals surface area contributed by atoms with Gasteiger partial charge in [-0.25, -0.2) is 12.8 Å². The number of anilines is 1. The maximum Gasteiger partial charge on any atom is 0.416 e. The van der Waals surface area contributed by atoms with E-state index in [-0.39, 0.29) is 0 Å². The van der Waals surface area contributed by atoms with E-state index in [9.17, 15) is 36.1 Å². The van der Waals surface area contributed by atoms with Gasteiger partial charge in [0.05, 0.1) is 28.0 Å². The minimum absolute atomic E-state index is 0.344. The third kappa shape index (κ3) is 4.79. The summed E-state index contributed by atoms with van der Waals surface area (Å²) in [5, 5.41) is 11.4. The standard InChI is InChI=1S/C19H13F4N3O4S/c20-15-5-8-17(18(10-15)26(27)28)25(12-13-2-1-9-24-11-13)31(29,30)16-6-3-14(4-7-16)19(21,22)23/h1-11H,12H2. The number of rotatable bonds is 6. The molecule has 2 aromatic carbocycles. The predicted octanol–water partition coefficient (Wildman–Crippen LogP) is 4.54. The lowest BCUT2D eigenvalue weighted by Gasteiger charge is -2.24. The summed E-state index contributed by atoms with van der Waals surface area (Å²) in [7, 11) is -4.57. The van der Waals surface area contributed by atoms with Crippen molar-refractivity contribution in [2.24, 2.45) is 0 Å². The first-order valence-electron chi connectivity index (χ1n) is 8.53. The number of halogens is 4. The minimum atomic E-state index is -4.67. The Balaban J connectivity index is 2.16. The summed E-state index contributed by atoms with van der Waals surface area (Å²) in [6, 6.07) is 8.05. The van der Waals surface area contributed by atoms with Crippen molar-refractivity contribution in [3.05, 3.63) is 94.0 Å². The SMILES string of the molecule is O=[N+]([O-])c1cc(F)ccc1N(Cc1cccnc1)S(=O)(=O)c1ccc(C(F)(F)F)cc1. The molecule has 0 aliphatic rings. The van der Waals surface area contributed by atoms with Crippen molar-refractivity contribution in [1.29, 1.82) is 0 Å².